The van der Waals surface area contributed by atoms with Crippen LogP contribution in [0, 0.1) is 0 Å². The molecule has 0 radical (unpaired) electrons. The van der Waals surface area contributed by atoms with Crippen molar-refractivity contribution in [3.05, 3.63) is 36.0 Å². The van der Waals surface area contributed by atoms with Gasteiger partial charge in [-0.15, -0.1) is 0 Å². The first-order chi connectivity index (χ1) is 7.00. The Morgan fingerprint density at radius 3 is 2.53 bits per heavy atom. The molecule has 0 aliphatic rings. The molecule has 2 N–H and O–H groups in total. The lowest BCUT2D eigenvalue weighted by Crippen LogP contribution is -2.07. The molecule has 0 aliphatic heterocycles. The number of nitrogen functional groups attached to an aromatic ring is 1. The van der Waals surface area contributed by atoms with Crippen molar-refractivity contribution in [2.75, 3.05) is 5.73 Å². The first-order valence-corrected chi connectivity index (χ1v) is 4.20. The number of nitrogens with zero attached hydrogens (tertiary/aromatic N) is 1. The summed E-state index contributed by atoms with van der Waals surface area (Å²) in [5.41, 5.74) is 4.99. The average molecular weight is 212 g/mol. The van der Waals surface area contributed by atoms with E-state index in [9.17, 15) is 13.2 Å². The minimum atomic E-state index is -4.40. The maximum Gasteiger partial charge on any atom is 0.418 e. The van der Waals surface area contributed by atoms with Gasteiger partial charge in [-0.2, -0.15) is 13.2 Å². The smallest absolute Gasteiger partial charge is 0.398 e. The highest BCUT2D eigenvalue weighted by atomic mass is 19.4. The number of fused-ring (bicyclic) bond motifs is 1. The Kier molecular flexibility index (Phi) is 2.03. The zero-order valence-electron chi connectivity index (χ0n) is 7.55. The van der Waals surface area contributed by atoms with Gasteiger partial charge in [0, 0.05) is 17.3 Å². The second-order valence-electron chi connectivity index (χ2n) is 3.10. The van der Waals surface area contributed by atoms with Gasteiger partial charge in [-0.1, -0.05) is 0 Å². The Hall–Kier alpha value is -1.78. The summed E-state index contributed by atoms with van der Waals surface area (Å²) in [6.07, 6.45) is -3.09. The number of hydrogen-bond donors (Lipinski definition) is 1. The Bertz CT molecular complexity index is 505. The minimum absolute atomic E-state index is 0.106. The van der Waals surface area contributed by atoms with E-state index in [1.54, 1.807) is 6.07 Å². The number of pyridine rings is 1. The van der Waals surface area contributed by atoms with Gasteiger partial charge in [-0.25, -0.2) is 0 Å². The molecule has 0 fully saturated rings. The third-order valence-electron chi connectivity index (χ3n) is 2.11. The summed E-state index contributed by atoms with van der Waals surface area (Å²) < 4.78 is 37.7. The predicted molar refractivity (Wildman–Crippen MR) is 51.2 cm³/mol. The molecule has 0 atom stereocenters. The zero-order chi connectivity index (χ0) is 11.1. The van der Waals surface area contributed by atoms with Crippen LogP contribution in [-0.4, -0.2) is 4.98 Å². The SMILES string of the molecule is Nc1ccc(C(F)(F)F)c2ncccc12. The molecule has 0 saturated heterocycles. The monoisotopic (exact) mass is 212 g/mol. The molecular weight excluding hydrogens is 205 g/mol. The molecular formula is C10H7F3N2. The minimum Gasteiger partial charge on any atom is -0.398 e. The standard InChI is InChI=1S/C10H7F3N2/c11-10(12,13)7-3-4-8(14)6-2-1-5-15-9(6)7/h1-5H,14H2. The molecule has 2 nitrogen and oxygen atoms in total. The third kappa shape index (κ3) is 1.60. The molecule has 78 valence electrons. The summed E-state index contributed by atoms with van der Waals surface area (Å²) >= 11 is 0. The van der Waals surface area contributed by atoms with E-state index in [1.165, 1.54) is 18.3 Å². The number of halogens is 3. The summed E-state index contributed by atoms with van der Waals surface area (Å²) in [6.45, 7) is 0. The summed E-state index contributed by atoms with van der Waals surface area (Å²) in [5, 5.41) is 0.326. The van der Waals surface area contributed by atoms with Crippen LogP contribution in [-0.2, 0) is 6.18 Å². The Morgan fingerprint density at radius 1 is 1.13 bits per heavy atom. The second-order valence-corrected chi connectivity index (χ2v) is 3.10. The van der Waals surface area contributed by atoms with E-state index >= 15 is 0 Å². The van der Waals surface area contributed by atoms with Crippen molar-refractivity contribution in [1.29, 1.82) is 0 Å². The van der Waals surface area contributed by atoms with Gasteiger partial charge in [0.25, 0.3) is 0 Å². The molecule has 2 aromatic rings. The van der Waals surface area contributed by atoms with E-state index in [-0.39, 0.29) is 5.52 Å². The van der Waals surface area contributed by atoms with Crippen LogP contribution < -0.4 is 5.73 Å². The highest BCUT2D eigenvalue weighted by Crippen LogP contribution is 2.35. The van der Waals surface area contributed by atoms with Crippen molar-refractivity contribution in [1.82, 2.24) is 4.98 Å². The van der Waals surface area contributed by atoms with E-state index in [4.69, 9.17) is 5.73 Å². The van der Waals surface area contributed by atoms with E-state index in [0.717, 1.165) is 6.07 Å². The molecule has 0 aliphatic carbocycles. The Labute approximate surface area is 83.5 Å². The molecule has 1 aromatic carbocycles. The Balaban J connectivity index is 2.84. The maximum absolute atomic E-state index is 12.6. The average Bonchev–Trinajstić information content (AvgIpc) is 2.17. The molecule has 5 heteroatoms. The van der Waals surface area contributed by atoms with Crippen LogP contribution in [0.5, 0.6) is 0 Å². The molecule has 15 heavy (non-hydrogen) atoms. The molecule has 1 heterocycles. The Morgan fingerprint density at radius 2 is 1.87 bits per heavy atom. The van der Waals surface area contributed by atoms with Crippen LogP contribution >= 0.6 is 0 Å². The lowest BCUT2D eigenvalue weighted by Gasteiger charge is -2.10. The predicted octanol–water partition coefficient (Wildman–Crippen LogP) is 2.84. The lowest BCUT2D eigenvalue weighted by molar-refractivity contribution is -0.136. The molecule has 0 saturated carbocycles. The summed E-state index contributed by atoms with van der Waals surface area (Å²) in [7, 11) is 0. The second kappa shape index (κ2) is 3.12. The number of aromatic nitrogens is 1. The summed E-state index contributed by atoms with van der Waals surface area (Å²) in [4.78, 5) is 3.71. The van der Waals surface area contributed by atoms with Crippen molar-refractivity contribution in [3.8, 4) is 0 Å². The highest BCUT2D eigenvalue weighted by Gasteiger charge is 2.33. The first-order valence-electron chi connectivity index (χ1n) is 4.20. The van der Waals surface area contributed by atoms with Gasteiger partial charge in [0.1, 0.15) is 0 Å². The number of benzene rings is 1. The maximum atomic E-state index is 12.6. The largest absolute Gasteiger partial charge is 0.418 e. The van der Waals surface area contributed by atoms with E-state index in [0.29, 0.717) is 11.1 Å². The number of nitrogens with two attached hydrogens (primary N) is 1. The molecule has 0 spiro atoms. The van der Waals surface area contributed by atoms with E-state index < -0.39 is 11.7 Å². The van der Waals surface area contributed by atoms with Crippen molar-refractivity contribution in [3.63, 3.8) is 0 Å². The third-order valence-corrected chi connectivity index (χ3v) is 2.11. The van der Waals surface area contributed by atoms with Gasteiger partial charge in [0.2, 0.25) is 0 Å². The van der Waals surface area contributed by atoms with Crippen LogP contribution in [0.2, 0.25) is 0 Å². The fraction of sp³-hybridized carbons (Fsp3) is 0.100. The van der Waals surface area contributed by atoms with Gasteiger partial charge in [0.15, 0.2) is 0 Å². The fourth-order valence-electron chi connectivity index (χ4n) is 1.42. The van der Waals surface area contributed by atoms with E-state index in [2.05, 4.69) is 4.98 Å². The van der Waals surface area contributed by atoms with Gasteiger partial charge in [-0.3, -0.25) is 4.98 Å². The molecule has 2 rings (SSSR count). The highest BCUT2D eigenvalue weighted by molar-refractivity contribution is 5.92. The molecule has 0 unspecified atom stereocenters. The van der Waals surface area contributed by atoms with Crippen molar-refractivity contribution in [2.45, 2.75) is 6.18 Å². The van der Waals surface area contributed by atoms with Crippen LogP contribution in [0.15, 0.2) is 30.5 Å². The topological polar surface area (TPSA) is 38.9 Å². The lowest BCUT2D eigenvalue weighted by atomic mass is 10.1. The number of alkyl halides is 3. The number of hydrogen-bond acceptors (Lipinski definition) is 2. The van der Waals surface area contributed by atoms with Crippen LogP contribution in [0.25, 0.3) is 10.9 Å². The number of rotatable bonds is 0. The quantitative estimate of drug-likeness (QED) is 0.682. The van der Waals surface area contributed by atoms with Crippen molar-refractivity contribution >= 4 is 16.6 Å². The normalized spacial score (nSPS) is 11.9. The van der Waals surface area contributed by atoms with Crippen LogP contribution in [0.1, 0.15) is 5.56 Å². The molecule has 1 aromatic heterocycles. The molecule has 0 amide bonds. The van der Waals surface area contributed by atoms with Gasteiger partial charge >= 0.3 is 6.18 Å². The van der Waals surface area contributed by atoms with Crippen molar-refractivity contribution in [2.24, 2.45) is 0 Å². The van der Waals surface area contributed by atoms with Crippen LogP contribution in [0.4, 0.5) is 18.9 Å². The summed E-state index contributed by atoms with van der Waals surface area (Å²) in [6, 6.07) is 5.27. The first kappa shape index (κ1) is 9.76. The van der Waals surface area contributed by atoms with Gasteiger partial charge in [0.05, 0.1) is 11.1 Å². The van der Waals surface area contributed by atoms with E-state index in [1.807, 2.05) is 0 Å². The van der Waals surface area contributed by atoms with Crippen LogP contribution in [0.3, 0.4) is 0 Å². The van der Waals surface area contributed by atoms with Gasteiger partial charge < -0.3 is 5.73 Å². The zero-order valence-corrected chi connectivity index (χ0v) is 7.55. The fourth-order valence-corrected chi connectivity index (χ4v) is 1.42. The summed E-state index contributed by atoms with van der Waals surface area (Å²) in [5.74, 6) is 0. The number of anilines is 1. The van der Waals surface area contributed by atoms with Gasteiger partial charge in [-0.05, 0) is 24.3 Å². The van der Waals surface area contributed by atoms with Crippen molar-refractivity contribution < 1.29 is 13.2 Å². The molecule has 0 bridgehead atoms.